The van der Waals surface area contributed by atoms with Crippen molar-refractivity contribution in [3.8, 4) is 5.75 Å². The van der Waals surface area contributed by atoms with Gasteiger partial charge in [-0.1, -0.05) is 23.5 Å². The van der Waals surface area contributed by atoms with Gasteiger partial charge in [-0.05, 0) is 41.1 Å². The van der Waals surface area contributed by atoms with Crippen LogP contribution in [0, 0.1) is 0 Å². The Bertz CT molecular complexity index is 1160. The van der Waals surface area contributed by atoms with E-state index in [-0.39, 0.29) is 5.69 Å². The van der Waals surface area contributed by atoms with Crippen LogP contribution in [0.5, 0.6) is 5.75 Å². The minimum absolute atomic E-state index is 0.238. The molecule has 0 fully saturated rings. The Kier molecular flexibility index (Phi) is 6.99. The van der Waals surface area contributed by atoms with Crippen LogP contribution in [0.2, 0.25) is 0 Å². The zero-order chi connectivity index (χ0) is 21.5. The fourth-order valence-corrected chi connectivity index (χ4v) is 4.13. The number of anilines is 3. The number of carbonyl (C=O) groups is 2. The van der Waals surface area contributed by atoms with E-state index in [4.69, 9.17) is 10.5 Å². The van der Waals surface area contributed by atoms with Gasteiger partial charge in [0.25, 0.3) is 5.91 Å². The first-order valence-electron chi connectivity index (χ1n) is 8.85. The normalized spacial score (nSPS) is 10.1. The van der Waals surface area contributed by atoms with Crippen molar-refractivity contribution in [2.45, 2.75) is 0 Å². The Hall–Kier alpha value is -3.43. The first kappa shape index (κ1) is 21.3. The number of aromatic nitrogens is 1. The highest BCUT2D eigenvalue weighted by Gasteiger charge is 2.15. The highest BCUT2D eigenvalue weighted by Crippen LogP contribution is 2.32. The van der Waals surface area contributed by atoms with Crippen molar-refractivity contribution in [1.82, 2.24) is 4.98 Å². The Morgan fingerprint density at radius 3 is 2.63 bits per heavy atom. The van der Waals surface area contributed by atoms with Gasteiger partial charge >= 0.3 is 0 Å². The summed E-state index contributed by atoms with van der Waals surface area (Å²) in [5, 5.41) is 13.1. The lowest BCUT2D eigenvalue weighted by atomic mass is 10.1. The van der Waals surface area contributed by atoms with E-state index in [9.17, 15) is 9.59 Å². The number of carbonyl (C=O) groups excluding carboxylic acids is 2. The molecule has 0 aliphatic heterocycles. The lowest BCUT2D eigenvalue weighted by Crippen LogP contribution is -2.13. The van der Waals surface area contributed by atoms with Crippen LogP contribution in [0.1, 0.15) is 20.8 Å². The summed E-state index contributed by atoms with van der Waals surface area (Å²) in [7, 11) is 3.38. The summed E-state index contributed by atoms with van der Waals surface area (Å²) >= 11 is 2.87. The summed E-state index contributed by atoms with van der Waals surface area (Å²) in [4.78, 5) is 25.5. The van der Waals surface area contributed by atoms with Crippen LogP contribution in [-0.4, -0.2) is 31.3 Å². The number of primary amides is 1. The molecule has 0 radical (unpaired) electrons. The van der Waals surface area contributed by atoms with Crippen molar-refractivity contribution < 1.29 is 14.3 Å². The number of ether oxygens (including phenoxy) is 1. The van der Waals surface area contributed by atoms with Crippen molar-refractivity contribution in [3.05, 3.63) is 64.5 Å². The van der Waals surface area contributed by atoms with Crippen LogP contribution >= 0.6 is 22.7 Å². The maximum atomic E-state index is 11.4. The molecular weight excluding hydrogens is 420 g/mol. The average molecular weight is 441 g/mol. The quantitative estimate of drug-likeness (QED) is 0.374. The molecule has 2 aromatic carbocycles. The Balaban J connectivity index is 0.000000310. The molecular formula is C21H20N4O3S2. The second-order valence-corrected chi connectivity index (χ2v) is 7.79. The Morgan fingerprint density at radius 2 is 2.07 bits per heavy atom. The molecule has 2 aromatic heterocycles. The topological polar surface area (TPSA) is 106 Å². The number of hydrogen-bond acceptors (Lipinski definition) is 8. The molecule has 0 bridgehead atoms. The molecule has 0 saturated heterocycles. The van der Waals surface area contributed by atoms with Gasteiger partial charge in [-0.25, -0.2) is 4.98 Å². The predicted molar refractivity (Wildman–Crippen MR) is 124 cm³/mol. The monoisotopic (exact) mass is 440 g/mol. The number of aldehydes is 1. The Labute approximate surface area is 181 Å². The second kappa shape index (κ2) is 9.86. The van der Waals surface area contributed by atoms with Crippen molar-refractivity contribution in [1.29, 1.82) is 0 Å². The molecule has 30 heavy (non-hydrogen) atoms. The highest BCUT2D eigenvalue weighted by atomic mass is 32.1. The van der Waals surface area contributed by atoms with Gasteiger partial charge in [-0.15, -0.1) is 0 Å². The molecule has 9 heteroatoms. The maximum Gasteiger partial charge on any atom is 0.270 e. The third-order valence-electron chi connectivity index (χ3n) is 4.08. The summed E-state index contributed by atoms with van der Waals surface area (Å²) in [6.45, 7) is 0. The van der Waals surface area contributed by atoms with E-state index >= 15 is 0 Å². The summed E-state index contributed by atoms with van der Waals surface area (Å²) in [5.74, 6) is 0.277. The number of methoxy groups -OCH3 is 1. The van der Waals surface area contributed by atoms with Gasteiger partial charge in [0.15, 0.2) is 17.1 Å². The van der Waals surface area contributed by atoms with Gasteiger partial charge in [0.2, 0.25) is 0 Å². The molecule has 2 heterocycles. The largest absolute Gasteiger partial charge is 0.496 e. The van der Waals surface area contributed by atoms with Crippen molar-refractivity contribution in [2.24, 2.45) is 5.73 Å². The summed E-state index contributed by atoms with van der Waals surface area (Å²) in [6.07, 6.45) is 0.844. The second-order valence-electron chi connectivity index (χ2n) is 6.01. The van der Waals surface area contributed by atoms with Crippen molar-refractivity contribution >= 4 is 61.5 Å². The number of amides is 1. The van der Waals surface area contributed by atoms with Crippen LogP contribution < -0.4 is 21.1 Å². The summed E-state index contributed by atoms with van der Waals surface area (Å²) < 4.78 is 5.36. The number of fused-ring (bicyclic) bond motifs is 1. The fourth-order valence-electron chi connectivity index (χ4n) is 2.69. The third-order valence-corrected chi connectivity index (χ3v) is 5.77. The number of thiazole rings is 1. The number of nitrogens with zero attached hydrogens (tertiary/aromatic N) is 1. The SMILES string of the molecule is CNc1sc(Nc2ccc3c(OC)cccc3c2)nc1C(N)=O.O=Cc1ccsc1. The third kappa shape index (κ3) is 4.94. The standard InChI is InChI=1S/C16H16N4O2S.C5H4OS/c1-18-15-13(14(17)21)20-16(23-15)19-10-6-7-11-9(8-10)4-3-5-12(11)22-2;6-3-5-1-2-7-4-5/h3-8,18H,1-2H3,(H2,17,21)(H,19,20);1-4H. The molecule has 4 aromatic rings. The molecule has 0 spiro atoms. The zero-order valence-corrected chi connectivity index (χ0v) is 18.0. The number of rotatable bonds is 6. The molecule has 0 atom stereocenters. The minimum Gasteiger partial charge on any atom is -0.496 e. The highest BCUT2D eigenvalue weighted by molar-refractivity contribution is 7.19. The maximum absolute atomic E-state index is 11.4. The Morgan fingerprint density at radius 1 is 1.23 bits per heavy atom. The molecule has 0 unspecified atom stereocenters. The minimum atomic E-state index is -0.554. The van der Waals surface area contributed by atoms with Gasteiger partial charge in [-0.2, -0.15) is 11.3 Å². The van der Waals surface area contributed by atoms with Crippen molar-refractivity contribution in [3.63, 3.8) is 0 Å². The van der Waals surface area contributed by atoms with Gasteiger partial charge in [0, 0.05) is 29.1 Å². The average Bonchev–Trinajstić information content (AvgIpc) is 3.43. The fraction of sp³-hybridized carbons (Fsp3) is 0.0952. The lowest BCUT2D eigenvalue weighted by Gasteiger charge is -2.08. The summed E-state index contributed by atoms with van der Waals surface area (Å²) in [5.41, 5.74) is 7.21. The molecule has 4 rings (SSSR count). The van der Waals surface area contributed by atoms with Crippen LogP contribution in [0.15, 0.2) is 53.2 Å². The number of thiophene rings is 1. The number of nitrogens with one attached hydrogen (secondary N) is 2. The van der Waals surface area contributed by atoms with Gasteiger partial charge in [-0.3, -0.25) is 9.59 Å². The molecule has 1 amide bonds. The molecule has 154 valence electrons. The van der Waals surface area contributed by atoms with Gasteiger partial charge in [0.05, 0.1) is 7.11 Å². The van der Waals surface area contributed by atoms with E-state index in [1.54, 1.807) is 20.2 Å². The first-order valence-corrected chi connectivity index (χ1v) is 10.6. The van der Waals surface area contributed by atoms with Gasteiger partial charge in [0.1, 0.15) is 10.8 Å². The molecule has 0 aliphatic rings. The van der Waals surface area contributed by atoms with Gasteiger partial charge < -0.3 is 21.1 Å². The number of hydrogen-bond donors (Lipinski definition) is 3. The van der Waals surface area contributed by atoms with Crippen LogP contribution in [-0.2, 0) is 0 Å². The molecule has 4 N–H and O–H groups in total. The van der Waals surface area contributed by atoms with E-state index in [1.807, 2.05) is 47.2 Å². The predicted octanol–water partition coefficient (Wildman–Crippen LogP) is 4.75. The molecule has 0 saturated carbocycles. The van der Waals surface area contributed by atoms with Crippen LogP contribution in [0.4, 0.5) is 15.8 Å². The van der Waals surface area contributed by atoms with Crippen LogP contribution in [0.25, 0.3) is 10.8 Å². The first-order chi connectivity index (χ1) is 14.5. The summed E-state index contributed by atoms with van der Waals surface area (Å²) in [6, 6.07) is 13.6. The van der Waals surface area contributed by atoms with E-state index in [0.717, 1.165) is 34.1 Å². The van der Waals surface area contributed by atoms with Crippen LogP contribution in [0.3, 0.4) is 0 Å². The lowest BCUT2D eigenvalue weighted by molar-refractivity contribution is 0.0996. The van der Waals surface area contributed by atoms with E-state index < -0.39 is 5.91 Å². The molecule has 7 nitrogen and oxygen atoms in total. The number of nitrogens with two attached hydrogens (primary N) is 1. The number of benzene rings is 2. The van der Waals surface area contributed by atoms with E-state index in [2.05, 4.69) is 15.6 Å². The van der Waals surface area contributed by atoms with E-state index in [1.165, 1.54) is 22.7 Å². The van der Waals surface area contributed by atoms with Crippen molar-refractivity contribution in [2.75, 3.05) is 24.8 Å². The smallest absolute Gasteiger partial charge is 0.270 e. The van der Waals surface area contributed by atoms with E-state index in [0.29, 0.717) is 10.1 Å². The molecule has 0 aliphatic carbocycles. The zero-order valence-electron chi connectivity index (χ0n) is 16.3.